The molecule has 15 heavy (non-hydrogen) atoms. The van der Waals surface area contributed by atoms with Gasteiger partial charge in [-0.25, -0.2) is 4.39 Å². The van der Waals surface area contributed by atoms with E-state index >= 15 is 0 Å². The highest BCUT2D eigenvalue weighted by atomic mass is 19.1. The van der Waals surface area contributed by atoms with Crippen LogP contribution in [0.3, 0.4) is 0 Å². The molecule has 0 bridgehead atoms. The second-order valence-electron chi connectivity index (χ2n) is 4.22. The summed E-state index contributed by atoms with van der Waals surface area (Å²) in [4.78, 5) is 2.27. The molecule has 82 valence electrons. The second kappa shape index (κ2) is 4.73. The molecule has 0 spiro atoms. The third-order valence-corrected chi connectivity index (χ3v) is 3.06. The number of nitrogens with zero attached hydrogens (tertiary/aromatic N) is 1. The quantitative estimate of drug-likeness (QED) is 0.817. The molecule has 0 unspecified atom stereocenters. The van der Waals surface area contributed by atoms with E-state index in [9.17, 15) is 4.39 Å². The smallest absolute Gasteiger partial charge is 0.127 e. The lowest BCUT2D eigenvalue weighted by Crippen LogP contribution is -2.23. The van der Waals surface area contributed by atoms with Gasteiger partial charge in [0.25, 0.3) is 0 Å². The van der Waals surface area contributed by atoms with E-state index in [0.29, 0.717) is 12.5 Å². The van der Waals surface area contributed by atoms with E-state index in [1.165, 1.54) is 6.07 Å². The Bertz CT molecular complexity index is 327. The van der Waals surface area contributed by atoms with Gasteiger partial charge >= 0.3 is 0 Å². The Morgan fingerprint density at radius 1 is 1.40 bits per heavy atom. The van der Waals surface area contributed by atoms with Gasteiger partial charge in [-0.1, -0.05) is 18.2 Å². The molecule has 2 nitrogen and oxygen atoms in total. The molecule has 2 N–H and O–H groups in total. The Balaban J connectivity index is 1.96. The van der Waals surface area contributed by atoms with Crippen molar-refractivity contribution in [1.29, 1.82) is 0 Å². The van der Waals surface area contributed by atoms with Gasteiger partial charge in [-0.15, -0.1) is 0 Å². The summed E-state index contributed by atoms with van der Waals surface area (Å²) < 4.78 is 13.4. The van der Waals surface area contributed by atoms with Crippen LogP contribution in [0.1, 0.15) is 12.0 Å². The first-order chi connectivity index (χ1) is 7.29. The van der Waals surface area contributed by atoms with E-state index in [4.69, 9.17) is 5.73 Å². The maximum atomic E-state index is 13.4. The van der Waals surface area contributed by atoms with Crippen LogP contribution in [0.15, 0.2) is 24.3 Å². The molecule has 1 aliphatic heterocycles. The summed E-state index contributed by atoms with van der Waals surface area (Å²) >= 11 is 0. The Morgan fingerprint density at radius 3 is 2.87 bits per heavy atom. The largest absolute Gasteiger partial charge is 0.330 e. The number of nitrogens with two attached hydrogens (primary N) is 1. The highest BCUT2D eigenvalue weighted by Crippen LogP contribution is 2.18. The molecule has 2 rings (SSSR count). The van der Waals surface area contributed by atoms with Gasteiger partial charge in [0.2, 0.25) is 0 Å². The molecular weight excluding hydrogens is 191 g/mol. The van der Waals surface area contributed by atoms with E-state index in [1.807, 2.05) is 12.1 Å². The molecule has 0 aromatic heterocycles. The van der Waals surface area contributed by atoms with Crippen molar-refractivity contribution in [2.24, 2.45) is 11.7 Å². The van der Waals surface area contributed by atoms with Crippen LogP contribution in [-0.4, -0.2) is 24.5 Å². The standard InChI is InChI=1S/C12H17FN2/c13-12-4-2-1-3-11(12)9-15-6-5-10(7-14)8-15/h1-4,10H,5-9,14H2/t10-/m0/s1. The van der Waals surface area contributed by atoms with E-state index < -0.39 is 0 Å². The number of hydrogen-bond donors (Lipinski definition) is 1. The fraction of sp³-hybridized carbons (Fsp3) is 0.500. The van der Waals surface area contributed by atoms with Crippen molar-refractivity contribution in [3.05, 3.63) is 35.6 Å². The molecule has 0 aliphatic carbocycles. The molecule has 1 aromatic rings. The number of benzene rings is 1. The fourth-order valence-electron chi connectivity index (χ4n) is 2.12. The van der Waals surface area contributed by atoms with Crippen molar-refractivity contribution in [1.82, 2.24) is 4.90 Å². The third-order valence-electron chi connectivity index (χ3n) is 3.06. The summed E-state index contributed by atoms with van der Waals surface area (Å²) in [6.07, 6.45) is 1.14. The Labute approximate surface area is 89.9 Å². The summed E-state index contributed by atoms with van der Waals surface area (Å²) in [5, 5.41) is 0. The van der Waals surface area contributed by atoms with Gasteiger partial charge in [0.15, 0.2) is 0 Å². The topological polar surface area (TPSA) is 29.3 Å². The molecule has 0 radical (unpaired) electrons. The Kier molecular flexibility index (Phi) is 3.34. The minimum atomic E-state index is -0.103. The molecule has 1 atom stereocenters. The molecule has 1 saturated heterocycles. The van der Waals surface area contributed by atoms with Gasteiger partial charge in [-0.2, -0.15) is 0 Å². The van der Waals surface area contributed by atoms with Crippen LogP contribution in [0.4, 0.5) is 4.39 Å². The number of halogens is 1. The average molecular weight is 208 g/mol. The first-order valence-corrected chi connectivity index (χ1v) is 5.45. The highest BCUT2D eigenvalue weighted by molar-refractivity contribution is 5.17. The van der Waals surface area contributed by atoms with Gasteiger partial charge in [0, 0.05) is 18.7 Å². The maximum Gasteiger partial charge on any atom is 0.127 e. The van der Waals surface area contributed by atoms with Gasteiger partial charge in [0.05, 0.1) is 0 Å². The first kappa shape index (κ1) is 10.6. The molecule has 3 heteroatoms. The SMILES string of the molecule is NC[C@@H]1CCN(Cc2ccccc2F)C1. The zero-order chi connectivity index (χ0) is 10.7. The molecule has 1 aliphatic rings. The van der Waals surface area contributed by atoms with Crippen LogP contribution in [0, 0.1) is 11.7 Å². The number of likely N-dealkylation sites (tertiary alicyclic amines) is 1. The van der Waals surface area contributed by atoms with E-state index in [-0.39, 0.29) is 5.82 Å². The zero-order valence-electron chi connectivity index (χ0n) is 8.82. The lowest BCUT2D eigenvalue weighted by atomic mass is 10.1. The Morgan fingerprint density at radius 2 is 2.20 bits per heavy atom. The van der Waals surface area contributed by atoms with E-state index in [1.54, 1.807) is 6.07 Å². The fourth-order valence-corrected chi connectivity index (χ4v) is 2.12. The van der Waals surface area contributed by atoms with Crippen molar-refractivity contribution in [3.8, 4) is 0 Å². The van der Waals surface area contributed by atoms with Gasteiger partial charge in [0.1, 0.15) is 5.82 Å². The van der Waals surface area contributed by atoms with Gasteiger partial charge < -0.3 is 5.73 Å². The summed E-state index contributed by atoms with van der Waals surface area (Å²) in [6, 6.07) is 6.98. The molecular formula is C12H17FN2. The summed E-state index contributed by atoms with van der Waals surface area (Å²) in [5.74, 6) is 0.491. The lowest BCUT2D eigenvalue weighted by Gasteiger charge is -2.15. The summed E-state index contributed by atoms with van der Waals surface area (Å²) in [6.45, 7) is 3.50. The summed E-state index contributed by atoms with van der Waals surface area (Å²) in [7, 11) is 0. The van der Waals surface area contributed by atoms with Crippen molar-refractivity contribution >= 4 is 0 Å². The van der Waals surface area contributed by atoms with Gasteiger partial charge in [-0.3, -0.25) is 4.90 Å². The molecule has 1 fully saturated rings. The van der Waals surface area contributed by atoms with E-state index in [0.717, 1.165) is 31.6 Å². The van der Waals surface area contributed by atoms with Crippen LogP contribution in [0.25, 0.3) is 0 Å². The maximum absolute atomic E-state index is 13.4. The minimum absolute atomic E-state index is 0.103. The first-order valence-electron chi connectivity index (χ1n) is 5.45. The van der Waals surface area contributed by atoms with Crippen LogP contribution >= 0.6 is 0 Å². The monoisotopic (exact) mass is 208 g/mol. The molecule has 0 amide bonds. The van der Waals surface area contributed by atoms with Crippen LogP contribution in [0.5, 0.6) is 0 Å². The van der Waals surface area contributed by atoms with Crippen LogP contribution < -0.4 is 5.73 Å². The van der Waals surface area contributed by atoms with Crippen molar-refractivity contribution in [2.45, 2.75) is 13.0 Å². The zero-order valence-corrected chi connectivity index (χ0v) is 8.82. The second-order valence-corrected chi connectivity index (χ2v) is 4.22. The predicted octanol–water partition coefficient (Wildman–Crippen LogP) is 1.61. The van der Waals surface area contributed by atoms with Crippen molar-refractivity contribution in [2.75, 3.05) is 19.6 Å². The highest BCUT2D eigenvalue weighted by Gasteiger charge is 2.21. The van der Waals surface area contributed by atoms with E-state index in [2.05, 4.69) is 4.90 Å². The van der Waals surface area contributed by atoms with Crippen molar-refractivity contribution < 1.29 is 4.39 Å². The minimum Gasteiger partial charge on any atom is -0.330 e. The van der Waals surface area contributed by atoms with Crippen LogP contribution in [-0.2, 0) is 6.54 Å². The molecule has 1 heterocycles. The lowest BCUT2D eigenvalue weighted by molar-refractivity contribution is 0.312. The number of rotatable bonds is 3. The number of hydrogen-bond acceptors (Lipinski definition) is 2. The molecule has 0 saturated carbocycles. The predicted molar refractivity (Wildman–Crippen MR) is 58.8 cm³/mol. The van der Waals surface area contributed by atoms with Crippen molar-refractivity contribution in [3.63, 3.8) is 0 Å². The Hall–Kier alpha value is -0.930. The third kappa shape index (κ3) is 2.55. The van der Waals surface area contributed by atoms with Gasteiger partial charge in [-0.05, 0) is 31.5 Å². The normalized spacial score (nSPS) is 22.1. The average Bonchev–Trinajstić information content (AvgIpc) is 2.69. The van der Waals surface area contributed by atoms with Crippen LogP contribution in [0.2, 0.25) is 0 Å². The summed E-state index contributed by atoms with van der Waals surface area (Å²) in [5.41, 5.74) is 6.41. The molecule has 1 aromatic carbocycles.